The van der Waals surface area contributed by atoms with Crippen molar-refractivity contribution in [2.24, 2.45) is 5.92 Å². The minimum atomic E-state index is 0.699. The Kier molecular flexibility index (Phi) is 1.52. The zero-order chi connectivity index (χ0) is 7.02. The van der Waals surface area contributed by atoms with Crippen molar-refractivity contribution in [2.75, 3.05) is 7.05 Å². The number of nitrogens with zero attached hydrogens (tertiary/aromatic N) is 1. The molecule has 1 rings (SSSR count). The molecule has 9 heavy (non-hydrogen) atoms. The van der Waals surface area contributed by atoms with Crippen LogP contribution in [0.1, 0.15) is 20.8 Å². The molecule has 1 aliphatic heterocycles. The summed E-state index contributed by atoms with van der Waals surface area (Å²) in [7, 11) is 2.14. The molecule has 0 aliphatic carbocycles. The molecule has 0 aromatic heterocycles. The molecular weight excluding hydrogens is 110 g/mol. The highest BCUT2D eigenvalue weighted by Crippen LogP contribution is 2.25. The maximum absolute atomic E-state index is 2.28. The molecule has 1 heteroatoms. The van der Waals surface area contributed by atoms with Crippen LogP contribution >= 0.6 is 0 Å². The van der Waals surface area contributed by atoms with Crippen molar-refractivity contribution in [2.45, 2.75) is 26.8 Å². The maximum Gasteiger partial charge on any atom is 0.0316 e. The van der Waals surface area contributed by atoms with Gasteiger partial charge in [0.2, 0.25) is 0 Å². The van der Waals surface area contributed by atoms with Crippen LogP contribution in [-0.4, -0.2) is 18.0 Å². The van der Waals surface area contributed by atoms with Gasteiger partial charge in [-0.25, -0.2) is 0 Å². The SMILES string of the molecule is CC1=CN(C)C(C)C1C. The van der Waals surface area contributed by atoms with Gasteiger partial charge >= 0.3 is 0 Å². The van der Waals surface area contributed by atoms with Gasteiger partial charge in [0.05, 0.1) is 0 Å². The summed E-state index contributed by atoms with van der Waals surface area (Å²) in [5.74, 6) is 0.745. The van der Waals surface area contributed by atoms with Crippen molar-refractivity contribution in [3.63, 3.8) is 0 Å². The van der Waals surface area contributed by atoms with Crippen LogP contribution in [0.3, 0.4) is 0 Å². The Morgan fingerprint density at radius 3 is 2.11 bits per heavy atom. The fourth-order valence-electron chi connectivity index (χ4n) is 1.29. The molecule has 0 N–H and O–H groups in total. The van der Waals surface area contributed by atoms with Gasteiger partial charge < -0.3 is 4.90 Å². The highest BCUT2D eigenvalue weighted by atomic mass is 15.1. The van der Waals surface area contributed by atoms with Gasteiger partial charge in [-0.15, -0.1) is 0 Å². The largest absolute Gasteiger partial charge is 0.377 e. The summed E-state index contributed by atoms with van der Waals surface area (Å²) in [4.78, 5) is 2.28. The predicted molar refractivity (Wildman–Crippen MR) is 40.1 cm³/mol. The second-order valence-electron chi connectivity index (χ2n) is 3.07. The third-order valence-corrected chi connectivity index (χ3v) is 2.49. The van der Waals surface area contributed by atoms with Crippen molar-refractivity contribution in [3.8, 4) is 0 Å². The van der Waals surface area contributed by atoms with Crippen LogP contribution in [0.2, 0.25) is 0 Å². The quantitative estimate of drug-likeness (QED) is 0.477. The molecule has 1 nitrogen and oxygen atoms in total. The van der Waals surface area contributed by atoms with E-state index in [1.165, 1.54) is 5.57 Å². The first-order valence-electron chi connectivity index (χ1n) is 3.53. The monoisotopic (exact) mass is 125 g/mol. The van der Waals surface area contributed by atoms with E-state index in [2.05, 4.69) is 38.9 Å². The van der Waals surface area contributed by atoms with Gasteiger partial charge in [-0.1, -0.05) is 12.5 Å². The average Bonchev–Trinajstić information content (AvgIpc) is 1.98. The lowest BCUT2D eigenvalue weighted by Gasteiger charge is -2.19. The summed E-state index contributed by atoms with van der Waals surface area (Å²) in [6.07, 6.45) is 2.23. The zero-order valence-electron chi connectivity index (χ0n) is 6.68. The summed E-state index contributed by atoms with van der Waals surface area (Å²) in [5.41, 5.74) is 1.50. The van der Waals surface area contributed by atoms with Gasteiger partial charge in [-0.05, 0) is 26.0 Å². The molecule has 0 saturated carbocycles. The summed E-state index contributed by atoms with van der Waals surface area (Å²) in [6, 6.07) is 0.699. The van der Waals surface area contributed by atoms with Crippen LogP contribution in [-0.2, 0) is 0 Å². The molecule has 0 bridgehead atoms. The Bertz CT molecular complexity index is 138. The summed E-state index contributed by atoms with van der Waals surface area (Å²) in [5, 5.41) is 0. The lowest BCUT2D eigenvalue weighted by atomic mass is 10.0. The van der Waals surface area contributed by atoms with Gasteiger partial charge in [-0.2, -0.15) is 0 Å². The Morgan fingerprint density at radius 1 is 1.44 bits per heavy atom. The lowest BCUT2D eigenvalue weighted by molar-refractivity contribution is 0.330. The molecule has 0 amide bonds. The van der Waals surface area contributed by atoms with Crippen LogP contribution < -0.4 is 0 Å². The highest BCUT2D eigenvalue weighted by molar-refractivity contribution is 5.11. The molecule has 0 radical (unpaired) electrons. The highest BCUT2D eigenvalue weighted by Gasteiger charge is 2.22. The van der Waals surface area contributed by atoms with Crippen molar-refractivity contribution in [3.05, 3.63) is 11.8 Å². The van der Waals surface area contributed by atoms with E-state index in [-0.39, 0.29) is 0 Å². The first kappa shape index (κ1) is 6.66. The van der Waals surface area contributed by atoms with Gasteiger partial charge in [0.25, 0.3) is 0 Å². The Balaban J connectivity index is 2.70. The van der Waals surface area contributed by atoms with Crippen molar-refractivity contribution < 1.29 is 0 Å². The molecule has 0 spiro atoms. The van der Waals surface area contributed by atoms with Crippen molar-refractivity contribution in [1.82, 2.24) is 4.90 Å². The average molecular weight is 125 g/mol. The van der Waals surface area contributed by atoms with Crippen LogP contribution in [0.4, 0.5) is 0 Å². The van der Waals surface area contributed by atoms with Gasteiger partial charge in [0.1, 0.15) is 0 Å². The first-order valence-corrected chi connectivity index (χ1v) is 3.53. The topological polar surface area (TPSA) is 3.24 Å². The fraction of sp³-hybridized carbons (Fsp3) is 0.750. The van der Waals surface area contributed by atoms with E-state index in [4.69, 9.17) is 0 Å². The van der Waals surface area contributed by atoms with E-state index >= 15 is 0 Å². The molecular formula is C8H15N. The van der Waals surface area contributed by atoms with Gasteiger partial charge in [-0.3, -0.25) is 0 Å². The van der Waals surface area contributed by atoms with Crippen molar-refractivity contribution in [1.29, 1.82) is 0 Å². The molecule has 1 aliphatic rings. The number of hydrogen-bond donors (Lipinski definition) is 0. The van der Waals surface area contributed by atoms with Crippen LogP contribution in [0.5, 0.6) is 0 Å². The molecule has 52 valence electrons. The third-order valence-electron chi connectivity index (χ3n) is 2.49. The van der Waals surface area contributed by atoms with E-state index in [0.717, 1.165) is 5.92 Å². The minimum absolute atomic E-state index is 0.699. The Labute approximate surface area is 57.4 Å². The van der Waals surface area contributed by atoms with Crippen LogP contribution in [0, 0.1) is 5.92 Å². The minimum Gasteiger partial charge on any atom is -0.377 e. The van der Waals surface area contributed by atoms with Crippen molar-refractivity contribution >= 4 is 0 Å². The normalized spacial score (nSPS) is 35.1. The van der Waals surface area contributed by atoms with Crippen LogP contribution in [0.15, 0.2) is 11.8 Å². The fourth-order valence-corrected chi connectivity index (χ4v) is 1.29. The van der Waals surface area contributed by atoms with Gasteiger partial charge in [0, 0.05) is 13.1 Å². The molecule has 2 unspecified atom stereocenters. The Hall–Kier alpha value is -0.460. The third kappa shape index (κ3) is 0.958. The maximum atomic E-state index is 2.28. The summed E-state index contributed by atoms with van der Waals surface area (Å²) in [6.45, 7) is 6.74. The zero-order valence-corrected chi connectivity index (χ0v) is 6.68. The lowest BCUT2D eigenvalue weighted by Crippen LogP contribution is -2.23. The van der Waals surface area contributed by atoms with Gasteiger partial charge in [0.15, 0.2) is 0 Å². The predicted octanol–water partition coefficient (Wildman–Crippen LogP) is 1.86. The van der Waals surface area contributed by atoms with E-state index in [1.54, 1.807) is 0 Å². The van der Waals surface area contributed by atoms with E-state index in [9.17, 15) is 0 Å². The molecule has 0 aromatic carbocycles. The first-order chi connectivity index (χ1) is 4.13. The van der Waals surface area contributed by atoms with E-state index in [0.29, 0.717) is 6.04 Å². The molecule has 0 saturated heterocycles. The molecule has 2 atom stereocenters. The number of hydrogen-bond acceptors (Lipinski definition) is 1. The van der Waals surface area contributed by atoms with Crippen LogP contribution in [0.25, 0.3) is 0 Å². The molecule has 0 fully saturated rings. The molecule has 0 aromatic rings. The summed E-state index contributed by atoms with van der Waals surface area (Å²) >= 11 is 0. The molecule has 1 heterocycles. The number of rotatable bonds is 0. The summed E-state index contributed by atoms with van der Waals surface area (Å²) < 4.78 is 0. The second kappa shape index (κ2) is 2.05. The second-order valence-corrected chi connectivity index (χ2v) is 3.07. The van der Waals surface area contributed by atoms with E-state index < -0.39 is 0 Å². The van der Waals surface area contributed by atoms with E-state index in [1.807, 2.05) is 0 Å². The smallest absolute Gasteiger partial charge is 0.0316 e. The Morgan fingerprint density at radius 2 is 2.00 bits per heavy atom. The standard InChI is InChI=1S/C8H15N/c1-6-5-9(4)8(3)7(6)2/h5,7-8H,1-4H3.